The molecule has 1 aliphatic heterocycles. The van der Waals surface area contributed by atoms with Gasteiger partial charge in [-0.3, -0.25) is 4.79 Å². The maximum atomic E-state index is 12.9. The lowest BCUT2D eigenvalue weighted by Gasteiger charge is -2.35. The van der Waals surface area contributed by atoms with Gasteiger partial charge in [0.25, 0.3) is 5.91 Å². The number of ether oxygens (including phenoxy) is 2. The average molecular weight is 369 g/mol. The first-order valence-corrected chi connectivity index (χ1v) is 8.84. The zero-order valence-electron chi connectivity index (χ0n) is 15.4. The van der Waals surface area contributed by atoms with Gasteiger partial charge in [0.1, 0.15) is 17.9 Å². The number of aliphatic carboxylic acids is 1. The first kappa shape index (κ1) is 18.9. The van der Waals surface area contributed by atoms with Crippen molar-refractivity contribution in [2.24, 2.45) is 0 Å². The molecule has 6 heteroatoms. The third-order valence-corrected chi connectivity index (χ3v) is 4.80. The lowest BCUT2D eigenvalue weighted by molar-refractivity contribution is -0.157. The second-order valence-electron chi connectivity index (χ2n) is 6.60. The van der Waals surface area contributed by atoms with Gasteiger partial charge in [-0.05, 0) is 35.7 Å². The Morgan fingerprint density at radius 2 is 1.93 bits per heavy atom. The minimum atomic E-state index is -1.00. The van der Waals surface area contributed by atoms with Crippen LogP contribution in [0.3, 0.4) is 0 Å². The van der Waals surface area contributed by atoms with Crippen LogP contribution in [0.1, 0.15) is 23.6 Å². The van der Waals surface area contributed by atoms with E-state index in [1.165, 1.54) is 4.90 Å². The van der Waals surface area contributed by atoms with Crippen molar-refractivity contribution < 1.29 is 24.2 Å². The highest BCUT2D eigenvalue weighted by molar-refractivity contribution is 5.87. The highest BCUT2D eigenvalue weighted by atomic mass is 16.5. The molecule has 0 fully saturated rings. The van der Waals surface area contributed by atoms with Gasteiger partial charge < -0.3 is 19.5 Å². The van der Waals surface area contributed by atoms with Crippen molar-refractivity contribution in [1.82, 2.24) is 4.90 Å². The average Bonchev–Trinajstić information content (AvgIpc) is 2.70. The Labute approximate surface area is 158 Å². The normalized spacial score (nSPS) is 17.1. The highest BCUT2D eigenvalue weighted by Crippen LogP contribution is 2.25. The van der Waals surface area contributed by atoms with Crippen molar-refractivity contribution in [2.75, 3.05) is 7.11 Å². The number of methoxy groups -OCH3 is 1. The third kappa shape index (κ3) is 4.28. The first-order chi connectivity index (χ1) is 13.0. The number of carboxylic acids is 1. The summed E-state index contributed by atoms with van der Waals surface area (Å²) in [6.07, 6.45) is -0.442. The quantitative estimate of drug-likeness (QED) is 0.847. The van der Waals surface area contributed by atoms with Gasteiger partial charge >= 0.3 is 5.97 Å². The van der Waals surface area contributed by atoms with Crippen molar-refractivity contribution in [3.8, 4) is 5.75 Å². The second kappa shape index (κ2) is 8.22. The van der Waals surface area contributed by atoms with Crippen LogP contribution in [-0.2, 0) is 33.9 Å². The fourth-order valence-electron chi connectivity index (χ4n) is 3.26. The van der Waals surface area contributed by atoms with E-state index in [1.54, 1.807) is 14.0 Å². The topological polar surface area (TPSA) is 76.1 Å². The molecule has 0 spiro atoms. The Balaban J connectivity index is 1.70. The Hall–Kier alpha value is -2.86. The van der Waals surface area contributed by atoms with Crippen LogP contribution in [0.5, 0.6) is 5.75 Å². The van der Waals surface area contributed by atoms with Crippen LogP contribution in [0.15, 0.2) is 48.5 Å². The molecule has 2 atom stereocenters. The lowest BCUT2D eigenvalue weighted by Crippen LogP contribution is -2.51. The van der Waals surface area contributed by atoms with Crippen LogP contribution in [0.2, 0.25) is 0 Å². The molecule has 0 bridgehead atoms. The number of carboxylic acid groups (broad SMARTS) is 1. The minimum absolute atomic E-state index is 0.242. The summed E-state index contributed by atoms with van der Waals surface area (Å²) in [5, 5.41) is 9.58. The summed E-state index contributed by atoms with van der Waals surface area (Å²) in [5.74, 6) is -0.605. The highest BCUT2D eigenvalue weighted by Gasteiger charge is 2.36. The van der Waals surface area contributed by atoms with Gasteiger partial charge in [-0.25, -0.2) is 4.79 Å². The van der Waals surface area contributed by atoms with Gasteiger partial charge in [-0.2, -0.15) is 0 Å². The van der Waals surface area contributed by atoms with Crippen LogP contribution in [0, 0.1) is 0 Å². The van der Waals surface area contributed by atoms with E-state index in [2.05, 4.69) is 0 Å². The zero-order chi connectivity index (χ0) is 19.4. The van der Waals surface area contributed by atoms with E-state index >= 15 is 0 Å². The molecule has 142 valence electrons. The third-order valence-electron chi connectivity index (χ3n) is 4.80. The summed E-state index contributed by atoms with van der Waals surface area (Å²) in [6.45, 7) is 2.17. The largest absolute Gasteiger partial charge is 0.497 e. The predicted molar refractivity (Wildman–Crippen MR) is 99.4 cm³/mol. The molecule has 0 saturated carbocycles. The molecule has 1 N–H and O–H groups in total. The van der Waals surface area contributed by atoms with E-state index in [4.69, 9.17) is 9.47 Å². The maximum absolute atomic E-state index is 12.9. The lowest BCUT2D eigenvalue weighted by atomic mass is 9.93. The number of benzene rings is 2. The van der Waals surface area contributed by atoms with E-state index in [-0.39, 0.29) is 19.1 Å². The smallest absolute Gasteiger partial charge is 0.326 e. The molecular formula is C21H23NO5. The van der Waals surface area contributed by atoms with Crippen molar-refractivity contribution in [2.45, 2.75) is 38.6 Å². The van der Waals surface area contributed by atoms with Crippen LogP contribution in [0.4, 0.5) is 0 Å². The molecule has 2 aromatic carbocycles. The van der Waals surface area contributed by atoms with E-state index in [0.29, 0.717) is 12.2 Å². The fraction of sp³-hybridized carbons (Fsp3) is 0.333. The second-order valence-corrected chi connectivity index (χ2v) is 6.60. The first-order valence-electron chi connectivity index (χ1n) is 8.84. The molecule has 1 amide bonds. The molecule has 2 unspecified atom stereocenters. The number of nitrogens with zero attached hydrogens (tertiary/aromatic N) is 1. The van der Waals surface area contributed by atoms with Crippen LogP contribution in [-0.4, -0.2) is 41.1 Å². The molecule has 0 aromatic heterocycles. The minimum Gasteiger partial charge on any atom is -0.497 e. The monoisotopic (exact) mass is 369 g/mol. The number of fused-ring (bicyclic) bond motifs is 1. The Kier molecular flexibility index (Phi) is 5.76. The number of amides is 1. The Morgan fingerprint density at radius 1 is 1.19 bits per heavy atom. The SMILES string of the molecule is COc1cccc(COC(C)C(=O)N2Cc3ccccc3CC2C(=O)O)c1. The molecule has 1 heterocycles. The van der Waals surface area contributed by atoms with Crippen molar-refractivity contribution in [3.05, 3.63) is 65.2 Å². The summed E-state index contributed by atoms with van der Waals surface area (Å²) >= 11 is 0. The molecule has 6 nitrogen and oxygen atoms in total. The van der Waals surface area contributed by atoms with Crippen LogP contribution in [0.25, 0.3) is 0 Å². The molecule has 2 aromatic rings. The Bertz CT molecular complexity index is 835. The van der Waals surface area contributed by atoms with E-state index in [0.717, 1.165) is 16.7 Å². The molecular weight excluding hydrogens is 346 g/mol. The van der Waals surface area contributed by atoms with Gasteiger partial charge in [0.15, 0.2) is 0 Å². The number of hydrogen-bond acceptors (Lipinski definition) is 4. The zero-order valence-corrected chi connectivity index (χ0v) is 15.4. The van der Waals surface area contributed by atoms with Crippen LogP contribution < -0.4 is 4.74 Å². The molecule has 1 aliphatic rings. The summed E-state index contributed by atoms with van der Waals surface area (Å²) in [6, 6.07) is 14.2. The number of rotatable bonds is 6. The predicted octanol–water partition coefficient (Wildman–Crippen LogP) is 2.64. The molecule has 0 saturated heterocycles. The standard InChI is InChI=1S/C21H23NO5/c1-14(27-13-15-6-5-9-18(10-15)26-2)20(23)22-12-17-8-4-3-7-16(17)11-19(22)21(24)25/h3-10,14,19H,11-13H2,1-2H3,(H,24,25). The fourth-order valence-corrected chi connectivity index (χ4v) is 3.26. The molecule has 3 rings (SSSR count). The van der Waals surface area contributed by atoms with Crippen molar-refractivity contribution >= 4 is 11.9 Å². The molecule has 27 heavy (non-hydrogen) atoms. The van der Waals surface area contributed by atoms with Gasteiger partial charge in [0.2, 0.25) is 0 Å². The Morgan fingerprint density at radius 3 is 2.63 bits per heavy atom. The van der Waals surface area contributed by atoms with Gasteiger partial charge in [0, 0.05) is 13.0 Å². The van der Waals surface area contributed by atoms with E-state index in [1.807, 2.05) is 48.5 Å². The van der Waals surface area contributed by atoms with Gasteiger partial charge in [-0.1, -0.05) is 36.4 Å². The molecule has 0 aliphatic carbocycles. The number of hydrogen-bond donors (Lipinski definition) is 1. The summed E-state index contributed by atoms with van der Waals surface area (Å²) < 4.78 is 10.9. The van der Waals surface area contributed by atoms with E-state index < -0.39 is 18.1 Å². The van der Waals surface area contributed by atoms with Crippen LogP contribution >= 0.6 is 0 Å². The summed E-state index contributed by atoms with van der Waals surface area (Å²) in [7, 11) is 1.59. The number of carbonyl (C=O) groups excluding carboxylic acids is 1. The number of carbonyl (C=O) groups is 2. The van der Waals surface area contributed by atoms with E-state index in [9.17, 15) is 14.7 Å². The van der Waals surface area contributed by atoms with Crippen molar-refractivity contribution in [3.63, 3.8) is 0 Å². The maximum Gasteiger partial charge on any atom is 0.326 e. The summed E-state index contributed by atoms with van der Waals surface area (Å²) in [5.41, 5.74) is 2.83. The van der Waals surface area contributed by atoms with Gasteiger partial charge in [0.05, 0.1) is 13.7 Å². The van der Waals surface area contributed by atoms with Gasteiger partial charge in [-0.15, -0.1) is 0 Å². The molecule has 0 radical (unpaired) electrons. The summed E-state index contributed by atoms with van der Waals surface area (Å²) in [4.78, 5) is 26.0. The van der Waals surface area contributed by atoms with Crippen molar-refractivity contribution in [1.29, 1.82) is 0 Å².